The van der Waals surface area contributed by atoms with Gasteiger partial charge in [-0.2, -0.15) is 9.57 Å². The van der Waals surface area contributed by atoms with Crippen molar-refractivity contribution in [3.63, 3.8) is 0 Å². The first kappa shape index (κ1) is 10.9. The molecule has 0 radical (unpaired) electrons. The van der Waals surface area contributed by atoms with Crippen molar-refractivity contribution >= 4 is 15.9 Å². The number of hydrogen-bond donors (Lipinski definition) is 1. The summed E-state index contributed by atoms with van der Waals surface area (Å²) >= 11 is 0. The Kier molecular flexibility index (Phi) is 3.08. The quantitative estimate of drug-likeness (QED) is 0.475. The molecule has 14 heavy (non-hydrogen) atoms. The van der Waals surface area contributed by atoms with Crippen LogP contribution in [0.2, 0.25) is 0 Å². The van der Waals surface area contributed by atoms with E-state index in [0.29, 0.717) is 19.4 Å². The minimum atomic E-state index is -3.35. The fourth-order valence-electron chi connectivity index (χ4n) is 1.54. The van der Waals surface area contributed by atoms with E-state index in [1.54, 1.807) is 0 Å². The molecular weight excluding hydrogens is 206 g/mol. The number of nitriles is 1. The van der Waals surface area contributed by atoms with Gasteiger partial charge in [0.05, 0.1) is 6.26 Å². The van der Waals surface area contributed by atoms with Crippen LogP contribution >= 0.6 is 0 Å². The third-order valence-electron chi connectivity index (χ3n) is 2.11. The van der Waals surface area contributed by atoms with Crippen LogP contribution in [0.5, 0.6) is 0 Å². The topological polar surface area (TPSA) is 90.3 Å². The maximum Gasteiger partial charge on any atom is 0.251 e. The van der Waals surface area contributed by atoms with Crippen molar-refractivity contribution in [2.75, 3.05) is 12.8 Å². The molecule has 1 N–H and O–H groups in total. The number of amides is 1. The van der Waals surface area contributed by atoms with Crippen molar-refractivity contribution in [1.29, 1.82) is 5.26 Å². The summed E-state index contributed by atoms with van der Waals surface area (Å²) in [5, 5.41) is 10.2. The molecule has 0 bridgehead atoms. The molecule has 1 fully saturated rings. The number of rotatable bonds is 2. The summed E-state index contributed by atoms with van der Waals surface area (Å²) in [7, 11) is -3.35. The molecule has 1 heterocycles. The molecule has 0 aromatic rings. The van der Waals surface area contributed by atoms with Gasteiger partial charge in [-0.15, -0.1) is 0 Å². The lowest BCUT2D eigenvalue weighted by Crippen LogP contribution is -2.44. The van der Waals surface area contributed by atoms with Crippen molar-refractivity contribution in [3.05, 3.63) is 0 Å². The summed E-state index contributed by atoms with van der Waals surface area (Å²) in [5.74, 6) is -0.546. The third kappa shape index (κ3) is 2.21. The molecule has 1 saturated heterocycles. The average Bonchev–Trinajstić information content (AvgIpc) is 2.50. The fourth-order valence-corrected chi connectivity index (χ4v) is 2.66. The number of carbonyl (C=O) groups is 1. The SMILES string of the molecule is CS(=O)(=O)N1CCCC1C(=O)NC#N. The largest absolute Gasteiger partial charge is 0.272 e. The van der Waals surface area contributed by atoms with Gasteiger partial charge < -0.3 is 0 Å². The van der Waals surface area contributed by atoms with E-state index < -0.39 is 22.0 Å². The van der Waals surface area contributed by atoms with Crippen LogP contribution in [0.3, 0.4) is 0 Å². The predicted molar refractivity (Wildman–Crippen MR) is 48.3 cm³/mol. The molecule has 1 aliphatic rings. The van der Waals surface area contributed by atoms with E-state index in [1.807, 2.05) is 5.32 Å². The zero-order valence-electron chi connectivity index (χ0n) is 7.73. The highest BCUT2D eigenvalue weighted by Gasteiger charge is 2.36. The first-order valence-corrected chi connectivity index (χ1v) is 5.97. The summed E-state index contributed by atoms with van der Waals surface area (Å²) in [6, 6.07) is -0.718. The van der Waals surface area contributed by atoms with E-state index in [4.69, 9.17) is 5.26 Å². The minimum Gasteiger partial charge on any atom is -0.272 e. The summed E-state index contributed by atoms with van der Waals surface area (Å²) < 4.78 is 23.6. The Morgan fingerprint density at radius 1 is 1.64 bits per heavy atom. The van der Waals surface area contributed by atoms with Gasteiger partial charge in [0.25, 0.3) is 5.91 Å². The maximum atomic E-state index is 11.3. The first-order chi connectivity index (χ1) is 6.46. The van der Waals surface area contributed by atoms with Gasteiger partial charge in [-0.3, -0.25) is 10.1 Å². The number of sulfonamides is 1. The maximum absolute atomic E-state index is 11.3. The molecule has 1 amide bonds. The van der Waals surface area contributed by atoms with Gasteiger partial charge in [0.2, 0.25) is 10.0 Å². The number of nitrogens with zero attached hydrogens (tertiary/aromatic N) is 2. The smallest absolute Gasteiger partial charge is 0.251 e. The van der Waals surface area contributed by atoms with Crippen LogP contribution in [0.25, 0.3) is 0 Å². The predicted octanol–water partition coefficient (Wildman–Crippen LogP) is -0.992. The molecule has 0 spiro atoms. The number of nitrogens with one attached hydrogen (secondary N) is 1. The Hall–Kier alpha value is -1.13. The van der Waals surface area contributed by atoms with Crippen LogP contribution in [-0.2, 0) is 14.8 Å². The highest BCUT2D eigenvalue weighted by molar-refractivity contribution is 7.88. The third-order valence-corrected chi connectivity index (χ3v) is 3.40. The Labute approximate surface area is 82.5 Å². The summed E-state index contributed by atoms with van der Waals surface area (Å²) in [6.45, 7) is 0.350. The molecule has 1 rings (SSSR count). The van der Waals surface area contributed by atoms with Gasteiger partial charge in [0.1, 0.15) is 6.04 Å². The normalized spacial score (nSPS) is 23.0. The summed E-state index contributed by atoms with van der Waals surface area (Å²) in [6.07, 6.45) is 3.68. The van der Waals surface area contributed by atoms with Crippen molar-refractivity contribution < 1.29 is 13.2 Å². The van der Waals surface area contributed by atoms with E-state index in [9.17, 15) is 13.2 Å². The van der Waals surface area contributed by atoms with Crippen LogP contribution in [-0.4, -0.2) is 37.5 Å². The van der Waals surface area contributed by atoms with E-state index >= 15 is 0 Å². The lowest BCUT2D eigenvalue weighted by molar-refractivity contribution is -0.123. The molecule has 6 nitrogen and oxygen atoms in total. The van der Waals surface area contributed by atoms with Crippen LogP contribution < -0.4 is 5.32 Å². The molecule has 1 atom stereocenters. The second kappa shape index (κ2) is 3.94. The highest BCUT2D eigenvalue weighted by atomic mass is 32.2. The minimum absolute atomic E-state index is 0.350. The highest BCUT2D eigenvalue weighted by Crippen LogP contribution is 2.19. The van der Waals surface area contributed by atoms with Crippen molar-refractivity contribution in [1.82, 2.24) is 9.62 Å². The molecule has 0 aliphatic carbocycles. The Morgan fingerprint density at radius 2 is 2.29 bits per heavy atom. The first-order valence-electron chi connectivity index (χ1n) is 4.12. The monoisotopic (exact) mass is 217 g/mol. The lowest BCUT2D eigenvalue weighted by atomic mass is 10.2. The molecule has 0 saturated carbocycles. The second-order valence-electron chi connectivity index (χ2n) is 3.13. The van der Waals surface area contributed by atoms with Crippen LogP contribution in [0, 0.1) is 11.5 Å². The summed E-state index contributed by atoms with van der Waals surface area (Å²) in [5.41, 5.74) is 0. The lowest BCUT2D eigenvalue weighted by Gasteiger charge is -2.19. The van der Waals surface area contributed by atoms with Crippen molar-refractivity contribution in [2.24, 2.45) is 0 Å². The van der Waals surface area contributed by atoms with Gasteiger partial charge in [-0.25, -0.2) is 8.42 Å². The Balaban J connectivity index is 2.80. The molecule has 7 heteroatoms. The van der Waals surface area contributed by atoms with Gasteiger partial charge in [0.15, 0.2) is 6.19 Å². The summed E-state index contributed by atoms with van der Waals surface area (Å²) in [4.78, 5) is 11.3. The van der Waals surface area contributed by atoms with Crippen molar-refractivity contribution in [2.45, 2.75) is 18.9 Å². The molecule has 0 aromatic heterocycles. The zero-order valence-corrected chi connectivity index (χ0v) is 8.54. The second-order valence-corrected chi connectivity index (χ2v) is 5.07. The van der Waals surface area contributed by atoms with Crippen LogP contribution in [0.15, 0.2) is 0 Å². The average molecular weight is 217 g/mol. The van der Waals surface area contributed by atoms with Gasteiger partial charge >= 0.3 is 0 Å². The Morgan fingerprint density at radius 3 is 2.79 bits per heavy atom. The van der Waals surface area contributed by atoms with E-state index in [1.165, 1.54) is 6.19 Å². The molecule has 1 aliphatic heterocycles. The van der Waals surface area contributed by atoms with E-state index in [2.05, 4.69) is 0 Å². The standard InChI is InChI=1S/C7H11N3O3S/c1-14(12,13)10-4-2-3-6(10)7(11)9-5-8/h6H,2-4H2,1H3,(H,9,11). The van der Waals surface area contributed by atoms with Crippen LogP contribution in [0.1, 0.15) is 12.8 Å². The molecule has 0 aromatic carbocycles. The molecule has 1 unspecified atom stereocenters. The Bertz CT molecular complexity index is 370. The zero-order chi connectivity index (χ0) is 10.8. The molecular formula is C7H11N3O3S. The van der Waals surface area contributed by atoms with Gasteiger partial charge in [0, 0.05) is 6.54 Å². The molecule has 78 valence electrons. The van der Waals surface area contributed by atoms with E-state index in [-0.39, 0.29) is 0 Å². The number of carbonyl (C=O) groups excluding carboxylic acids is 1. The fraction of sp³-hybridized carbons (Fsp3) is 0.714. The van der Waals surface area contributed by atoms with Gasteiger partial charge in [-0.1, -0.05) is 0 Å². The van der Waals surface area contributed by atoms with Crippen molar-refractivity contribution in [3.8, 4) is 6.19 Å². The number of hydrogen-bond acceptors (Lipinski definition) is 4. The van der Waals surface area contributed by atoms with Crippen LogP contribution in [0.4, 0.5) is 0 Å². The van der Waals surface area contributed by atoms with E-state index in [0.717, 1.165) is 10.6 Å². The van der Waals surface area contributed by atoms with Gasteiger partial charge in [-0.05, 0) is 12.8 Å².